The second-order valence-corrected chi connectivity index (χ2v) is 4.13. The highest BCUT2D eigenvalue weighted by Gasteiger charge is 2.24. The predicted octanol–water partition coefficient (Wildman–Crippen LogP) is -1.01. The van der Waals surface area contributed by atoms with Crippen molar-refractivity contribution < 1.29 is 9.53 Å². The summed E-state index contributed by atoms with van der Waals surface area (Å²) >= 11 is 0. The number of morpholine rings is 1. The number of amides is 1. The van der Waals surface area contributed by atoms with Gasteiger partial charge in [0.2, 0.25) is 0 Å². The van der Waals surface area contributed by atoms with Crippen LogP contribution < -0.4 is 5.32 Å². The highest BCUT2D eigenvalue weighted by atomic mass is 16.5. The van der Waals surface area contributed by atoms with E-state index < -0.39 is 0 Å². The van der Waals surface area contributed by atoms with Crippen molar-refractivity contribution in [1.82, 2.24) is 15.1 Å². The first kappa shape index (κ1) is 12.4. The van der Waals surface area contributed by atoms with E-state index in [0.29, 0.717) is 13.2 Å². The Hall–Kier alpha value is -0.650. The molecule has 1 aliphatic rings. The lowest BCUT2D eigenvalue weighted by molar-refractivity contribution is -0.143. The zero-order valence-electron chi connectivity index (χ0n) is 9.82. The molecule has 15 heavy (non-hydrogen) atoms. The van der Waals surface area contributed by atoms with Gasteiger partial charge in [0.15, 0.2) is 0 Å². The summed E-state index contributed by atoms with van der Waals surface area (Å²) in [5.74, 6) is 0.0732. The van der Waals surface area contributed by atoms with Gasteiger partial charge in [-0.25, -0.2) is 0 Å². The number of likely N-dealkylation sites (N-methyl/N-ethyl adjacent to an activating group) is 2. The van der Waals surface area contributed by atoms with Crippen LogP contribution in [0.15, 0.2) is 0 Å². The van der Waals surface area contributed by atoms with Gasteiger partial charge in [-0.15, -0.1) is 0 Å². The Labute approximate surface area is 91.4 Å². The molecule has 1 amide bonds. The van der Waals surface area contributed by atoms with Crippen LogP contribution in [0.5, 0.6) is 0 Å². The van der Waals surface area contributed by atoms with Crippen LogP contribution in [-0.4, -0.2) is 75.7 Å². The van der Waals surface area contributed by atoms with Gasteiger partial charge >= 0.3 is 0 Å². The standard InChI is InChI=1S/C10H21N3O2/c1-12(2)5-6-13(3)10(14)9-8-11-4-7-15-9/h9,11H,4-8H2,1-3H3. The number of ether oxygens (including phenoxy) is 1. The fourth-order valence-corrected chi connectivity index (χ4v) is 1.43. The predicted molar refractivity (Wildman–Crippen MR) is 58.8 cm³/mol. The van der Waals surface area contributed by atoms with Crippen LogP contribution >= 0.6 is 0 Å². The van der Waals surface area contributed by atoms with E-state index in [-0.39, 0.29) is 12.0 Å². The minimum absolute atomic E-state index is 0.0732. The molecule has 1 unspecified atom stereocenters. The lowest BCUT2D eigenvalue weighted by atomic mass is 10.2. The summed E-state index contributed by atoms with van der Waals surface area (Å²) in [5.41, 5.74) is 0. The Morgan fingerprint density at radius 1 is 1.40 bits per heavy atom. The zero-order valence-corrected chi connectivity index (χ0v) is 9.82. The lowest BCUT2D eigenvalue weighted by Gasteiger charge is -2.27. The third-order valence-corrected chi connectivity index (χ3v) is 2.46. The first-order chi connectivity index (χ1) is 7.11. The Kier molecular flexibility index (Phi) is 5.01. The number of nitrogens with one attached hydrogen (secondary N) is 1. The smallest absolute Gasteiger partial charge is 0.252 e. The van der Waals surface area contributed by atoms with E-state index in [2.05, 4.69) is 10.2 Å². The minimum atomic E-state index is -0.300. The third kappa shape index (κ3) is 4.15. The summed E-state index contributed by atoms with van der Waals surface area (Å²) < 4.78 is 5.40. The molecule has 1 heterocycles. The molecule has 0 radical (unpaired) electrons. The van der Waals surface area contributed by atoms with Crippen molar-refractivity contribution in [3.8, 4) is 0 Å². The third-order valence-electron chi connectivity index (χ3n) is 2.46. The molecule has 1 rings (SSSR count). The summed E-state index contributed by atoms with van der Waals surface area (Å²) in [6.45, 7) is 3.71. The number of nitrogens with zero attached hydrogens (tertiary/aromatic N) is 2. The number of rotatable bonds is 4. The van der Waals surface area contributed by atoms with Crippen molar-refractivity contribution >= 4 is 5.91 Å². The van der Waals surface area contributed by atoms with E-state index in [1.807, 2.05) is 21.1 Å². The molecule has 0 saturated carbocycles. The Bertz CT molecular complexity index is 203. The van der Waals surface area contributed by atoms with Gasteiger partial charge in [-0.2, -0.15) is 0 Å². The fourth-order valence-electron chi connectivity index (χ4n) is 1.43. The maximum atomic E-state index is 11.9. The fraction of sp³-hybridized carbons (Fsp3) is 0.900. The Morgan fingerprint density at radius 3 is 2.67 bits per heavy atom. The Morgan fingerprint density at radius 2 is 2.13 bits per heavy atom. The zero-order chi connectivity index (χ0) is 11.3. The molecule has 88 valence electrons. The van der Waals surface area contributed by atoms with Gasteiger partial charge in [0.05, 0.1) is 6.61 Å². The molecular formula is C10H21N3O2. The van der Waals surface area contributed by atoms with Crippen LogP contribution in [-0.2, 0) is 9.53 Å². The van der Waals surface area contributed by atoms with E-state index in [1.165, 1.54) is 0 Å². The van der Waals surface area contributed by atoms with Gasteiger partial charge in [-0.1, -0.05) is 0 Å². The lowest BCUT2D eigenvalue weighted by Crippen LogP contribution is -2.49. The van der Waals surface area contributed by atoms with Gasteiger partial charge in [0.25, 0.3) is 5.91 Å². The van der Waals surface area contributed by atoms with E-state index in [9.17, 15) is 4.79 Å². The summed E-state index contributed by atoms with van der Waals surface area (Å²) in [5, 5.41) is 3.15. The van der Waals surface area contributed by atoms with Crippen molar-refractivity contribution in [2.45, 2.75) is 6.10 Å². The van der Waals surface area contributed by atoms with Crippen molar-refractivity contribution in [2.24, 2.45) is 0 Å². The second-order valence-electron chi connectivity index (χ2n) is 4.13. The molecule has 1 N–H and O–H groups in total. The van der Waals surface area contributed by atoms with E-state index in [4.69, 9.17) is 4.74 Å². The van der Waals surface area contributed by atoms with Crippen LogP contribution in [0.25, 0.3) is 0 Å². The molecule has 0 aliphatic carbocycles. The molecule has 1 fully saturated rings. The molecule has 0 aromatic heterocycles. The van der Waals surface area contributed by atoms with Gasteiger partial charge in [-0.05, 0) is 14.1 Å². The quantitative estimate of drug-likeness (QED) is 0.653. The van der Waals surface area contributed by atoms with Gasteiger partial charge in [-0.3, -0.25) is 4.79 Å². The van der Waals surface area contributed by atoms with E-state index in [0.717, 1.165) is 19.6 Å². The Balaban J connectivity index is 2.30. The molecular weight excluding hydrogens is 194 g/mol. The number of hydrogen-bond acceptors (Lipinski definition) is 4. The van der Waals surface area contributed by atoms with Gasteiger partial charge in [0, 0.05) is 33.2 Å². The largest absolute Gasteiger partial charge is 0.366 e. The molecule has 5 heteroatoms. The second kappa shape index (κ2) is 6.05. The van der Waals surface area contributed by atoms with E-state index in [1.54, 1.807) is 4.90 Å². The molecule has 0 aromatic rings. The van der Waals surface area contributed by atoms with Gasteiger partial charge in [0.1, 0.15) is 6.10 Å². The van der Waals surface area contributed by atoms with Crippen molar-refractivity contribution in [3.05, 3.63) is 0 Å². The average Bonchev–Trinajstić information content (AvgIpc) is 2.26. The first-order valence-electron chi connectivity index (χ1n) is 5.33. The monoisotopic (exact) mass is 215 g/mol. The molecule has 0 spiro atoms. The molecule has 0 bridgehead atoms. The molecule has 0 aromatic carbocycles. The highest BCUT2D eigenvalue weighted by Crippen LogP contribution is 2.00. The van der Waals surface area contributed by atoms with Crippen LogP contribution in [0.2, 0.25) is 0 Å². The van der Waals surface area contributed by atoms with Crippen LogP contribution in [0.3, 0.4) is 0 Å². The highest BCUT2D eigenvalue weighted by molar-refractivity contribution is 5.81. The van der Waals surface area contributed by atoms with Crippen molar-refractivity contribution in [3.63, 3.8) is 0 Å². The summed E-state index contributed by atoms with van der Waals surface area (Å²) in [6.07, 6.45) is -0.300. The summed E-state index contributed by atoms with van der Waals surface area (Å²) in [7, 11) is 5.82. The van der Waals surface area contributed by atoms with E-state index >= 15 is 0 Å². The maximum Gasteiger partial charge on any atom is 0.252 e. The molecule has 1 saturated heterocycles. The first-order valence-corrected chi connectivity index (χ1v) is 5.33. The van der Waals surface area contributed by atoms with Gasteiger partial charge < -0.3 is 19.9 Å². The number of hydrogen-bond donors (Lipinski definition) is 1. The minimum Gasteiger partial charge on any atom is -0.366 e. The van der Waals surface area contributed by atoms with Crippen molar-refractivity contribution in [1.29, 1.82) is 0 Å². The SMILES string of the molecule is CN(C)CCN(C)C(=O)C1CNCCO1. The van der Waals surface area contributed by atoms with Crippen LogP contribution in [0, 0.1) is 0 Å². The van der Waals surface area contributed by atoms with Crippen molar-refractivity contribution in [2.75, 3.05) is 53.9 Å². The van der Waals surface area contributed by atoms with Crippen LogP contribution in [0.4, 0.5) is 0 Å². The average molecular weight is 215 g/mol. The normalized spacial score (nSPS) is 21.7. The summed E-state index contributed by atoms with van der Waals surface area (Å²) in [4.78, 5) is 15.6. The number of carbonyl (C=O) groups is 1. The summed E-state index contributed by atoms with van der Waals surface area (Å²) in [6, 6.07) is 0. The molecule has 1 atom stereocenters. The van der Waals surface area contributed by atoms with Crippen LogP contribution in [0.1, 0.15) is 0 Å². The molecule has 5 nitrogen and oxygen atoms in total. The maximum absolute atomic E-state index is 11.9. The number of carbonyl (C=O) groups excluding carboxylic acids is 1. The molecule has 1 aliphatic heterocycles. The topological polar surface area (TPSA) is 44.8 Å².